The fourth-order valence-corrected chi connectivity index (χ4v) is 11.3. The van der Waals surface area contributed by atoms with Gasteiger partial charge in [0.1, 0.15) is 6.10 Å². The fraction of sp³-hybridized carbons (Fsp3) is 0.966. The van der Waals surface area contributed by atoms with Crippen molar-refractivity contribution in [2.24, 2.45) is 46.3 Å². The molecule has 10 atom stereocenters. The lowest BCUT2D eigenvalue weighted by molar-refractivity contribution is -0.154. The smallest absolute Gasteiger partial charge is 0.302 e. The number of halogens is 1. The van der Waals surface area contributed by atoms with Crippen LogP contribution in [0.25, 0.3) is 0 Å². The summed E-state index contributed by atoms with van der Waals surface area (Å²) in [6.07, 6.45) is 14.5. The van der Waals surface area contributed by atoms with E-state index in [9.17, 15) is 4.79 Å². The molecule has 0 aromatic heterocycles. The molecule has 4 saturated carbocycles. The number of hydrogen-bond donors (Lipinski definition) is 0. The van der Waals surface area contributed by atoms with Gasteiger partial charge >= 0.3 is 5.97 Å². The van der Waals surface area contributed by atoms with Crippen molar-refractivity contribution in [3.05, 3.63) is 0 Å². The van der Waals surface area contributed by atoms with E-state index in [1.54, 1.807) is 6.92 Å². The van der Waals surface area contributed by atoms with Crippen molar-refractivity contribution in [1.82, 2.24) is 0 Å². The second-order valence-corrected chi connectivity index (χ2v) is 14.9. The van der Waals surface area contributed by atoms with Crippen LogP contribution in [0.2, 0.25) is 0 Å². The lowest BCUT2D eigenvalue weighted by Gasteiger charge is -2.63. The highest BCUT2D eigenvalue weighted by atomic mass is 79.9. The van der Waals surface area contributed by atoms with E-state index in [4.69, 9.17) is 9.47 Å². The van der Waals surface area contributed by atoms with Crippen molar-refractivity contribution >= 4 is 21.9 Å². The molecule has 0 spiro atoms. The monoisotopic (exact) mass is 522 g/mol. The Morgan fingerprint density at radius 1 is 1.09 bits per heavy atom. The molecule has 2 bridgehead atoms. The maximum absolute atomic E-state index is 11.7. The Morgan fingerprint density at radius 3 is 2.61 bits per heavy atom. The third kappa shape index (κ3) is 3.78. The summed E-state index contributed by atoms with van der Waals surface area (Å²) in [4.78, 5) is 11.7. The number of alkyl halides is 1. The highest BCUT2D eigenvalue weighted by molar-refractivity contribution is 9.10. The molecule has 0 aromatic rings. The molecule has 0 radical (unpaired) electrons. The Morgan fingerprint density at radius 2 is 1.88 bits per heavy atom. The summed E-state index contributed by atoms with van der Waals surface area (Å²) in [5, 5.41) is 0. The predicted octanol–water partition coefficient (Wildman–Crippen LogP) is 7.55. The molecule has 33 heavy (non-hydrogen) atoms. The van der Waals surface area contributed by atoms with Crippen LogP contribution in [0.15, 0.2) is 0 Å². The van der Waals surface area contributed by atoms with Crippen molar-refractivity contribution < 1.29 is 14.3 Å². The maximum atomic E-state index is 11.7. The van der Waals surface area contributed by atoms with Crippen LogP contribution >= 0.6 is 15.9 Å². The summed E-state index contributed by atoms with van der Waals surface area (Å²) < 4.78 is 12.3. The van der Waals surface area contributed by atoms with Gasteiger partial charge in [0.25, 0.3) is 0 Å². The fourth-order valence-electron chi connectivity index (χ4n) is 10.1. The average Bonchev–Trinajstić information content (AvgIpc) is 3.16. The normalized spacial score (nSPS) is 49.3. The topological polar surface area (TPSA) is 35.5 Å². The molecular formula is C29H47BrO3. The van der Waals surface area contributed by atoms with E-state index in [2.05, 4.69) is 43.6 Å². The molecule has 1 heterocycles. The summed E-state index contributed by atoms with van der Waals surface area (Å²) in [5.74, 6) is 4.92. The number of carbonyl (C=O) groups is 1. The average molecular weight is 524 g/mol. The highest BCUT2D eigenvalue weighted by Gasteiger charge is 2.72. The first kappa shape index (κ1) is 24.6. The molecule has 0 unspecified atom stereocenters. The summed E-state index contributed by atoms with van der Waals surface area (Å²) in [6, 6.07) is 0. The molecule has 0 N–H and O–H groups in total. The molecule has 1 saturated heterocycles. The van der Waals surface area contributed by atoms with Crippen molar-refractivity contribution in [2.45, 2.75) is 122 Å². The first-order chi connectivity index (χ1) is 15.6. The van der Waals surface area contributed by atoms with E-state index in [-0.39, 0.29) is 27.9 Å². The molecule has 4 heteroatoms. The zero-order valence-electron chi connectivity index (χ0n) is 21.7. The van der Waals surface area contributed by atoms with Crippen molar-refractivity contribution in [2.75, 3.05) is 6.61 Å². The number of rotatable bonds is 6. The van der Waals surface area contributed by atoms with Gasteiger partial charge in [0.2, 0.25) is 0 Å². The van der Waals surface area contributed by atoms with Crippen molar-refractivity contribution in [3.63, 3.8) is 0 Å². The third-order valence-corrected chi connectivity index (χ3v) is 13.1. The standard InChI is InChI=1S/C29H47BrO3/c1-18(2)7-6-8-19(3)23-9-10-24-22-15-26-29(30)16-21(33-20(4)31)11-14-28(29,17-32-26)25(22)12-13-27(23,24)5/h18-19,21-26H,6-17H2,1-5H3/t19-,21-,22+,23-,24+,25+,26+,27-,28+,29-/m0/s1. The molecule has 4 aliphatic carbocycles. The second kappa shape index (κ2) is 8.79. The minimum atomic E-state index is -0.137. The van der Waals surface area contributed by atoms with Gasteiger partial charge in [0.05, 0.1) is 17.0 Å². The first-order valence-electron chi connectivity index (χ1n) is 14.1. The van der Waals surface area contributed by atoms with Gasteiger partial charge in [-0.1, -0.05) is 62.9 Å². The second-order valence-electron chi connectivity index (χ2n) is 13.4. The van der Waals surface area contributed by atoms with Crippen LogP contribution in [-0.2, 0) is 14.3 Å². The number of ether oxygens (including phenoxy) is 2. The Balaban J connectivity index is 1.34. The van der Waals surface area contributed by atoms with Crippen molar-refractivity contribution in [3.8, 4) is 0 Å². The van der Waals surface area contributed by atoms with Crippen LogP contribution in [0.3, 0.4) is 0 Å². The van der Waals surface area contributed by atoms with Gasteiger partial charge in [-0.3, -0.25) is 4.79 Å². The number of hydrogen-bond acceptors (Lipinski definition) is 3. The number of esters is 1. The SMILES string of the molecule is CC(=O)O[C@H]1CC[C@@]23CO[C@H](C[C@@H]4[C@H]5CC[C@@H]([C@@H](C)CCCC(C)C)[C@]5(C)CC[C@H]42)[C@@]3(Br)C1. The Kier molecular flexibility index (Phi) is 6.55. The van der Waals surface area contributed by atoms with Gasteiger partial charge in [-0.25, -0.2) is 0 Å². The van der Waals surface area contributed by atoms with Crippen molar-refractivity contribution in [1.29, 1.82) is 0 Å². The quantitative estimate of drug-likeness (QED) is 0.266. The maximum Gasteiger partial charge on any atom is 0.302 e. The van der Waals surface area contributed by atoms with Crippen LogP contribution in [0, 0.1) is 46.3 Å². The zero-order valence-corrected chi connectivity index (χ0v) is 23.3. The number of fused-ring (bicyclic) bond motifs is 3. The van der Waals surface area contributed by atoms with E-state index in [1.165, 1.54) is 51.4 Å². The van der Waals surface area contributed by atoms with E-state index in [0.29, 0.717) is 5.41 Å². The molecule has 5 rings (SSSR count). The lowest BCUT2D eigenvalue weighted by atomic mass is 9.44. The van der Waals surface area contributed by atoms with Crippen LogP contribution in [0.5, 0.6) is 0 Å². The highest BCUT2D eigenvalue weighted by Crippen LogP contribution is 2.73. The van der Waals surface area contributed by atoms with E-state index in [0.717, 1.165) is 61.4 Å². The summed E-state index contributed by atoms with van der Waals surface area (Å²) in [5.41, 5.74) is 0.759. The Labute approximate surface area is 210 Å². The van der Waals surface area contributed by atoms with Crippen LogP contribution in [0.1, 0.15) is 105 Å². The van der Waals surface area contributed by atoms with E-state index >= 15 is 0 Å². The Bertz CT molecular complexity index is 753. The van der Waals surface area contributed by atoms with Gasteiger partial charge in [0, 0.05) is 18.8 Å². The molecule has 5 aliphatic rings. The summed E-state index contributed by atoms with van der Waals surface area (Å²) in [7, 11) is 0. The summed E-state index contributed by atoms with van der Waals surface area (Å²) in [6.45, 7) is 12.4. The molecular weight excluding hydrogens is 476 g/mol. The molecule has 3 nitrogen and oxygen atoms in total. The molecule has 188 valence electrons. The van der Waals surface area contributed by atoms with Crippen LogP contribution in [0.4, 0.5) is 0 Å². The Hall–Kier alpha value is -0.0900. The van der Waals surface area contributed by atoms with E-state index in [1.807, 2.05) is 0 Å². The van der Waals surface area contributed by atoms with Crippen LogP contribution in [-0.4, -0.2) is 29.1 Å². The third-order valence-electron chi connectivity index (χ3n) is 11.5. The summed E-state index contributed by atoms with van der Waals surface area (Å²) >= 11 is 4.29. The molecule has 5 fully saturated rings. The molecule has 0 aromatic carbocycles. The van der Waals surface area contributed by atoms with Gasteiger partial charge < -0.3 is 9.47 Å². The zero-order chi connectivity index (χ0) is 23.6. The minimum Gasteiger partial charge on any atom is -0.463 e. The molecule has 0 amide bonds. The number of carbonyl (C=O) groups excluding carboxylic acids is 1. The van der Waals surface area contributed by atoms with Gasteiger partial charge in [0.15, 0.2) is 0 Å². The van der Waals surface area contributed by atoms with Crippen LogP contribution < -0.4 is 0 Å². The van der Waals surface area contributed by atoms with E-state index < -0.39 is 0 Å². The van der Waals surface area contributed by atoms with Gasteiger partial charge in [-0.15, -0.1) is 0 Å². The first-order valence-corrected chi connectivity index (χ1v) is 14.9. The van der Waals surface area contributed by atoms with Gasteiger partial charge in [-0.2, -0.15) is 0 Å². The largest absolute Gasteiger partial charge is 0.463 e. The lowest BCUT2D eigenvalue weighted by Crippen LogP contribution is -2.63. The van der Waals surface area contributed by atoms with Gasteiger partial charge in [-0.05, 0) is 85.9 Å². The minimum absolute atomic E-state index is 0.00455. The molecule has 1 aliphatic heterocycles. The predicted molar refractivity (Wildman–Crippen MR) is 136 cm³/mol.